The largest absolute Gasteiger partial charge is 0.242 e. The lowest BCUT2D eigenvalue weighted by molar-refractivity contribution is 0.519. The van der Waals surface area contributed by atoms with Gasteiger partial charge in [0.25, 0.3) is 0 Å². The van der Waals surface area contributed by atoms with Crippen LogP contribution in [-0.4, -0.2) is 35.2 Å². The molecule has 0 saturated carbocycles. The molecule has 0 bridgehead atoms. The van der Waals surface area contributed by atoms with E-state index in [0.717, 1.165) is 35.6 Å². The molecule has 2 aromatic rings. The Hall–Kier alpha value is -1.74. The first-order valence-corrected chi connectivity index (χ1v) is 11.8. The minimum Gasteiger partial charge on any atom is -0.207 e. The molecule has 6 nitrogen and oxygen atoms in total. The van der Waals surface area contributed by atoms with Gasteiger partial charge in [0.05, 0.1) is 9.79 Å². The average molecular weight is 409 g/mol. The van der Waals surface area contributed by atoms with Crippen LogP contribution in [0.5, 0.6) is 0 Å². The fraction of sp³-hybridized carbons (Fsp3) is 0.368. The number of fused-ring (bicyclic) bond motifs is 1. The molecule has 3 rings (SSSR count). The van der Waals surface area contributed by atoms with E-state index in [9.17, 15) is 16.8 Å². The molecule has 1 N–H and O–H groups in total. The molecule has 2 aromatic carbocycles. The predicted octanol–water partition coefficient (Wildman–Crippen LogP) is 2.29. The Kier molecular flexibility index (Phi) is 5.71. The highest BCUT2D eigenvalue weighted by Gasteiger charge is 2.22. The van der Waals surface area contributed by atoms with Gasteiger partial charge < -0.3 is 0 Å². The third-order valence-corrected chi connectivity index (χ3v) is 8.13. The molecule has 0 aromatic heterocycles. The number of hydrogen-bond acceptors (Lipinski definition) is 4. The monoisotopic (exact) mass is 408 g/mol. The summed E-state index contributed by atoms with van der Waals surface area (Å²) in [7, 11) is -4.49. The second-order valence-electron chi connectivity index (χ2n) is 6.86. The Labute approximate surface area is 161 Å². The number of hydrogen-bond donors (Lipinski definition) is 1. The predicted molar refractivity (Wildman–Crippen MR) is 104 cm³/mol. The van der Waals surface area contributed by atoms with E-state index >= 15 is 0 Å². The van der Waals surface area contributed by atoms with Gasteiger partial charge in [0.1, 0.15) is 0 Å². The van der Waals surface area contributed by atoms with Crippen LogP contribution in [0.2, 0.25) is 0 Å². The minimum absolute atomic E-state index is 0.0946. The molecule has 0 atom stereocenters. The van der Waals surface area contributed by atoms with E-state index in [1.807, 2.05) is 6.07 Å². The molecule has 27 heavy (non-hydrogen) atoms. The number of sulfonamides is 2. The summed E-state index contributed by atoms with van der Waals surface area (Å²) in [5.41, 5.74) is 2.70. The molecule has 0 aliphatic heterocycles. The van der Waals surface area contributed by atoms with E-state index < -0.39 is 20.0 Å². The molecule has 0 heterocycles. The summed E-state index contributed by atoms with van der Waals surface area (Å²) >= 11 is 0. The van der Waals surface area contributed by atoms with Crippen molar-refractivity contribution in [1.29, 1.82) is 0 Å². The van der Waals surface area contributed by atoms with Crippen molar-refractivity contribution in [3.8, 4) is 0 Å². The van der Waals surface area contributed by atoms with Gasteiger partial charge in [-0.25, -0.2) is 25.9 Å². The first-order chi connectivity index (χ1) is 12.7. The van der Waals surface area contributed by atoms with Gasteiger partial charge in [-0.15, -0.1) is 0 Å². The van der Waals surface area contributed by atoms with E-state index in [4.69, 9.17) is 0 Å². The summed E-state index contributed by atoms with van der Waals surface area (Å²) in [6, 6.07) is 11.7. The van der Waals surface area contributed by atoms with Gasteiger partial charge in [-0.05, 0) is 60.6 Å². The molecule has 146 valence electrons. The normalized spacial score (nSPS) is 14.9. The molecule has 0 radical (unpaired) electrons. The minimum atomic E-state index is -3.73. The van der Waals surface area contributed by atoms with Crippen LogP contribution in [-0.2, 0) is 39.4 Å². The zero-order chi connectivity index (χ0) is 19.7. The number of nitrogens with zero attached hydrogens (tertiary/aromatic N) is 1. The van der Waals surface area contributed by atoms with Crippen LogP contribution in [0.1, 0.15) is 29.5 Å². The van der Waals surface area contributed by atoms with Gasteiger partial charge in [-0.1, -0.05) is 24.3 Å². The number of rotatable bonds is 6. The Bertz CT molecular complexity index is 1050. The molecule has 0 unspecified atom stereocenters. The van der Waals surface area contributed by atoms with Crippen molar-refractivity contribution in [3.63, 3.8) is 0 Å². The maximum absolute atomic E-state index is 12.7. The SMILES string of the molecule is CN(C)S(=O)(=O)c1ccccc1CNS(=O)(=O)c1ccc2c(c1)CCCC2. The van der Waals surface area contributed by atoms with E-state index in [2.05, 4.69) is 4.72 Å². The quantitative estimate of drug-likeness (QED) is 0.795. The zero-order valence-corrected chi connectivity index (χ0v) is 17.1. The summed E-state index contributed by atoms with van der Waals surface area (Å²) in [4.78, 5) is 0.319. The molecule has 8 heteroatoms. The zero-order valence-electron chi connectivity index (χ0n) is 15.5. The van der Waals surface area contributed by atoms with Crippen molar-refractivity contribution < 1.29 is 16.8 Å². The van der Waals surface area contributed by atoms with Crippen molar-refractivity contribution in [3.05, 3.63) is 59.2 Å². The van der Waals surface area contributed by atoms with Gasteiger partial charge in [0, 0.05) is 20.6 Å². The molecular formula is C19H24N2O4S2. The third kappa shape index (κ3) is 4.24. The second-order valence-corrected chi connectivity index (χ2v) is 10.7. The van der Waals surface area contributed by atoms with Crippen LogP contribution in [0.15, 0.2) is 52.3 Å². The Morgan fingerprint density at radius 2 is 1.59 bits per heavy atom. The highest BCUT2D eigenvalue weighted by molar-refractivity contribution is 7.89. The highest BCUT2D eigenvalue weighted by atomic mass is 32.2. The topological polar surface area (TPSA) is 83.6 Å². The van der Waals surface area contributed by atoms with Gasteiger partial charge >= 0.3 is 0 Å². The molecule has 1 aliphatic carbocycles. The lowest BCUT2D eigenvalue weighted by Crippen LogP contribution is -2.27. The molecule has 0 amide bonds. The second kappa shape index (κ2) is 7.71. The standard InChI is InChI=1S/C19H24N2O4S2/c1-21(2)27(24,25)19-10-6-5-9-17(19)14-20-26(22,23)18-12-11-15-7-3-4-8-16(15)13-18/h5-6,9-13,20H,3-4,7-8,14H2,1-2H3. The van der Waals surface area contributed by atoms with Crippen LogP contribution in [0.3, 0.4) is 0 Å². The first kappa shape index (κ1) is 20.0. The van der Waals surface area contributed by atoms with Crippen molar-refractivity contribution >= 4 is 20.0 Å². The summed E-state index contributed by atoms with van der Waals surface area (Å²) in [5.74, 6) is 0. The molecule has 0 fully saturated rings. The lowest BCUT2D eigenvalue weighted by Gasteiger charge is -2.17. The van der Waals surface area contributed by atoms with Gasteiger partial charge in [0.2, 0.25) is 20.0 Å². The molecular weight excluding hydrogens is 384 g/mol. The number of benzene rings is 2. The molecule has 1 aliphatic rings. The van der Waals surface area contributed by atoms with Crippen LogP contribution >= 0.6 is 0 Å². The van der Waals surface area contributed by atoms with E-state index in [0.29, 0.717) is 5.56 Å². The van der Waals surface area contributed by atoms with Crippen LogP contribution in [0, 0.1) is 0 Å². The lowest BCUT2D eigenvalue weighted by atomic mass is 9.92. The van der Waals surface area contributed by atoms with Crippen molar-refractivity contribution in [2.75, 3.05) is 14.1 Å². The summed E-state index contributed by atoms with van der Waals surface area (Å²) in [6.45, 7) is -0.0946. The average Bonchev–Trinajstić information content (AvgIpc) is 2.66. The Balaban J connectivity index is 1.85. The summed E-state index contributed by atoms with van der Waals surface area (Å²) < 4.78 is 54.0. The van der Waals surface area contributed by atoms with Crippen molar-refractivity contribution in [1.82, 2.24) is 9.03 Å². The van der Waals surface area contributed by atoms with Crippen LogP contribution in [0.25, 0.3) is 0 Å². The number of nitrogens with one attached hydrogen (secondary N) is 1. The van der Waals surface area contributed by atoms with E-state index in [-0.39, 0.29) is 16.3 Å². The smallest absolute Gasteiger partial charge is 0.207 e. The third-order valence-electron chi connectivity index (χ3n) is 4.81. The van der Waals surface area contributed by atoms with Gasteiger partial charge in [0.15, 0.2) is 0 Å². The Morgan fingerprint density at radius 1 is 0.926 bits per heavy atom. The fourth-order valence-electron chi connectivity index (χ4n) is 3.23. The van der Waals surface area contributed by atoms with Crippen molar-refractivity contribution in [2.24, 2.45) is 0 Å². The Morgan fingerprint density at radius 3 is 2.30 bits per heavy atom. The first-order valence-electron chi connectivity index (χ1n) is 8.84. The fourth-order valence-corrected chi connectivity index (χ4v) is 5.40. The van der Waals surface area contributed by atoms with Gasteiger partial charge in [-0.2, -0.15) is 0 Å². The maximum atomic E-state index is 12.7. The summed E-state index contributed by atoms with van der Waals surface area (Å²) in [5, 5.41) is 0. The van der Waals surface area contributed by atoms with E-state index in [1.165, 1.54) is 25.7 Å². The summed E-state index contributed by atoms with van der Waals surface area (Å²) in [6.07, 6.45) is 4.08. The maximum Gasteiger partial charge on any atom is 0.242 e. The van der Waals surface area contributed by atoms with Crippen LogP contribution in [0.4, 0.5) is 0 Å². The van der Waals surface area contributed by atoms with Crippen molar-refractivity contribution in [2.45, 2.75) is 42.0 Å². The van der Waals surface area contributed by atoms with Crippen LogP contribution < -0.4 is 4.72 Å². The highest BCUT2D eigenvalue weighted by Crippen LogP contribution is 2.24. The van der Waals surface area contributed by atoms with Gasteiger partial charge in [-0.3, -0.25) is 0 Å². The van der Waals surface area contributed by atoms with E-state index in [1.54, 1.807) is 30.3 Å². The molecule has 0 spiro atoms. The number of aryl methyl sites for hydroxylation is 2. The molecule has 0 saturated heterocycles.